The minimum absolute atomic E-state index is 0.0141. The van der Waals surface area contributed by atoms with Crippen LogP contribution in [-0.4, -0.2) is 11.8 Å². The van der Waals surface area contributed by atoms with E-state index in [0.29, 0.717) is 28.5 Å². The van der Waals surface area contributed by atoms with Crippen molar-refractivity contribution in [2.75, 3.05) is 0 Å². The Bertz CT molecular complexity index is 364. The van der Waals surface area contributed by atoms with Gasteiger partial charge >= 0.3 is 0 Å². The molecule has 0 spiro atoms. The molecule has 82 valence electrons. The summed E-state index contributed by atoms with van der Waals surface area (Å²) in [5.74, 6) is -0.0141. The van der Waals surface area contributed by atoms with E-state index in [2.05, 4.69) is 0 Å². The van der Waals surface area contributed by atoms with Crippen LogP contribution in [0.15, 0.2) is 18.2 Å². The minimum Gasteiger partial charge on any atom is -0.328 e. The first-order valence-electron chi connectivity index (χ1n) is 4.74. The maximum atomic E-state index is 11.7. The van der Waals surface area contributed by atoms with Gasteiger partial charge in [-0.1, -0.05) is 23.2 Å². The van der Waals surface area contributed by atoms with Gasteiger partial charge in [-0.2, -0.15) is 0 Å². The summed E-state index contributed by atoms with van der Waals surface area (Å²) in [4.78, 5) is 11.7. The van der Waals surface area contributed by atoms with Crippen molar-refractivity contribution in [3.05, 3.63) is 33.8 Å². The average Bonchev–Trinajstić information content (AvgIpc) is 2.18. The molecule has 0 saturated carbocycles. The number of carbonyl (C=O) groups is 1. The van der Waals surface area contributed by atoms with Crippen LogP contribution >= 0.6 is 23.2 Å². The number of carbonyl (C=O) groups excluding carboxylic acids is 1. The first-order valence-corrected chi connectivity index (χ1v) is 5.50. The lowest BCUT2D eigenvalue weighted by molar-refractivity contribution is 0.0978. The average molecular weight is 246 g/mol. The van der Waals surface area contributed by atoms with Crippen molar-refractivity contribution in [3.8, 4) is 0 Å². The molecule has 0 radical (unpaired) electrons. The molecule has 1 rings (SSSR count). The normalized spacial score (nSPS) is 12.5. The number of Topliss-reactive ketones (excluding diaryl/α,β-unsaturated/α-hetero) is 1. The molecule has 0 aliphatic carbocycles. The smallest absolute Gasteiger partial charge is 0.164 e. The number of ketones is 1. The lowest BCUT2D eigenvalue weighted by Gasteiger charge is -2.06. The van der Waals surface area contributed by atoms with Crippen LogP contribution in [0.1, 0.15) is 30.1 Å². The van der Waals surface area contributed by atoms with Crippen molar-refractivity contribution in [1.29, 1.82) is 0 Å². The van der Waals surface area contributed by atoms with E-state index < -0.39 is 0 Å². The molecule has 1 unspecified atom stereocenters. The molecular weight excluding hydrogens is 233 g/mol. The molecule has 1 atom stereocenters. The van der Waals surface area contributed by atoms with Crippen LogP contribution in [0.5, 0.6) is 0 Å². The first-order chi connectivity index (χ1) is 7.00. The Balaban J connectivity index is 2.77. The van der Waals surface area contributed by atoms with E-state index in [1.807, 2.05) is 6.92 Å². The lowest BCUT2D eigenvalue weighted by atomic mass is 10.0. The zero-order valence-electron chi connectivity index (χ0n) is 8.47. The predicted molar refractivity (Wildman–Crippen MR) is 63.7 cm³/mol. The minimum atomic E-state index is -0.0141. The summed E-state index contributed by atoms with van der Waals surface area (Å²) in [5, 5.41) is 0.956. The maximum Gasteiger partial charge on any atom is 0.164 e. The fraction of sp³-hybridized carbons (Fsp3) is 0.364. The molecule has 15 heavy (non-hydrogen) atoms. The standard InChI is InChI=1S/C11H13Cl2NO/c1-7(14)2-5-11(15)9-6-8(12)3-4-10(9)13/h3-4,6-7H,2,5,14H2,1H3. The van der Waals surface area contributed by atoms with E-state index in [1.165, 1.54) is 0 Å². The van der Waals surface area contributed by atoms with Crippen LogP contribution in [0.4, 0.5) is 0 Å². The Morgan fingerprint density at radius 3 is 2.73 bits per heavy atom. The number of halogens is 2. The Morgan fingerprint density at radius 2 is 2.13 bits per heavy atom. The summed E-state index contributed by atoms with van der Waals surface area (Å²) in [6.07, 6.45) is 1.05. The number of benzene rings is 1. The van der Waals surface area contributed by atoms with E-state index in [1.54, 1.807) is 18.2 Å². The predicted octanol–water partition coefficient (Wildman–Crippen LogP) is 3.30. The zero-order chi connectivity index (χ0) is 11.4. The second-order valence-corrected chi connectivity index (χ2v) is 4.41. The van der Waals surface area contributed by atoms with Crippen LogP contribution in [0.25, 0.3) is 0 Å². The monoisotopic (exact) mass is 245 g/mol. The Hall–Kier alpha value is -0.570. The number of hydrogen-bond acceptors (Lipinski definition) is 2. The molecule has 2 nitrogen and oxygen atoms in total. The van der Waals surface area contributed by atoms with Crippen LogP contribution in [0.2, 0.25) is 10.0 Å². The van der Waals surface area contributed by atoms with Crippen molar-refractivity contribution in [1.82, 2.24) is 0 Å². The fourth-order valence-corrected chi connectivity index (χ4v) is 1.60. The second-order valence-electron chi connectivity index (χ2n) is 3.56. The topological polar surface area (TPSA) is 43.1 Å². The number of rotatable bonds is 4. The Morgan fingerprint density at radius 1 is 1.47 bits per heavy atom. The third-order valence-electron chi connectivity index (χ3n) is 2.06. The van der Waals surface area contributed by atoms with Crippen molar-refractivity contribution in [2.45, 2.75) is 25.8 Å². The first kappa shape index (κ1) is 12.5. The molecule has 0 heterocycles. The summed E-state index contributed by atoms with van der Waals surface area (Å²) in [5.41, 5.74) is 6.05. The van der Waals surface area contributed by atoms with Gasteiger partial charge in [-0.15, -0.1) is 0 Å². The third kappa shape index (κ3) is 3.82. The molecule has 1 aromatic carbocycles. The summed E-state index contributed by atoms with van der Waals surface area (Å²) in [6, 6.07) is 4.90. The van der Waals surface area contributed by atoms with Crippen LogP contribution in [0, 0.1) is 0 Å². The molecular formula is C11H13Cl2NO. The van der Waals surface area contributed by atoms with Crippen molar-refractivity contribution < 1.29 is 4.79 Å². The highest BCUT2D eigenvalue weighted by Crippen LogP contribution is 2.22. The quantitative estimate of drug-likeness (QED) is 0.828. The van der Waals surface area contributed by atoms with Gasteiger partial charge < -0.3 is 5.73 Å². The zero-order valence-corrected chi connectivity index (χ0v) is 9.98. The van der Waals surface area contributed by atoms with E-state index in [4.69, 9.17) is 28.9 Å². The van der Waals surface area contributed by atoms with Gasteiger partial charge in [0.2, 0.25) is 0 Å². The molecule has 2 N–H and O–H groups in total. The highest BCUT2D eigenvalue weighted by atomic mass is 35.5. The Labute approximate surface area is 99.4 Å². The van der Waals surface area contributed by atoms with Crippen molar-refractivity contribution >= 4 is 29.0 Å². The van der Waals surface area contributed by atoms with E-state index in [9.17, 15) is 4.79 Å². The number of hydrogen-bond donors (Lipinski definition) is 1. The molecule has 4 heteroatoms. The fourth-order valence-electron chi connectivity index (χ4n) is 1.20. The van der Waals surface area contributed by atoms with E-state index >= 15 is 0 Å². The van der Waals surface area contributed by atoms with Gasteiger partial charge in [0.25, 0.3) is 0 Å². The van der Waals surface area contributed by atoms with Gasteiger partial charge in [0.15, 0.2) is 5.78 Å². The largest absolute Gasteiger partial charge is 0.328 e. The van der Waals surface area contributed by atoms with Crippen LogP contribution in [0.3, 0.4) is 0 Å². The molecule has 0 aliphatic heterocycles. The second kappa shape index (κ2) is 5.50. The molecule has 0 saturated heterocycles. The molecule has 0 bridgehead atoms. The SMILES string of the molecule is CC(N)CCC(=O)c1cc(Cl)ccc1Cl. The van der Waals surface area contributed by atoms with E-state index in [-0.39, 0.29) is 11.8 Å². The summed E-state index contributed by atoms with van der Waals surface area (Å²) in [6.45, 7) is 1.87. The van der Waals surface area contributed by atoms with E-state index in [0.717, 1.165) is 0 Å². The number of nitrogens with two attached hydrogens (primary N) is 1. The summed E-state index contributed by atoms with van der Waals surface area (Å²) >= 11 is 11.7. The van der Waals surface area contributed by atoms with Crippen LogP contribution < -0.4 is 5.73 Å². The van der Waals surface area contributed by atoms with Gasteiger partial charge in [-0.25, -0.2) is 0 Å². The highest BCUT2D eigenvalue weighted by molar-refractivity contribution is 6.35. The molecule has 0 fully saturated rings. The molecule has 0 aromatic heterocycles. The molecule has 0 aliphatic rings. The van der Waals surface area contributed by atoms with Crippen LogP contribution in [-0.2, 0) is 0 Å². The highest BCUT2D eigenvalue weighted by Gasteiger charge is 2.11. The maximum absolute atomic E-state index is 11.7. The lowest BCUT2D eigenvalue weighted by Crippen LogP contribution is -2.16. The van der Waals surface area contributed by atoms with Crippen molar-refractivity contribution in [2.24, 2.45) is 5.73 Å². The Kier molecular flexibility index (Phi) is 4.58. The summed E-state index contributed by atoms with van der Waals surface area (Å²) < 4.78 is 0. The van der Waals surface area contributed by atoms with Gasteiger partial charge in [-0.05, 0) is 31.5 Å². The van der Waals surface area contributed by atoms with Gasteiger partial charge in [-0.3, -0.25) is 4.79 Å². The van der Waals surface area contributed by atoms with Gasteiger partial charge in [0, 0.05) is 23.0 Å². The third-order valence-corrected chi connectivity index (χ3v) is 2.62. The van der Waals surface area contributed by atoms with Crippen molar-refractivity contribution in [3.63, 3.8) is 0 Å². The van der Waals surface area contributed by atoms with Gasteiger partial charge in [0.05, 0.1) is 5.02 Å². The molecule has 1 aromatic rings. The molecule has 0 amide bonds. The van der Waals surface area contributed by atoms with Gasteiger partial charge in [0.1, 0.15) is 0 Å². The summed E-state index contributed by atoms with van der Waals surface area (Å²) in [7, 11) is 0.